The van der Waals surface area contributed by atoms with E-state index in [1.165, 1.54) is 26.0 Å². The lowest BCUT2D eigenvalue weighted by Crippen LogP contribution is -2.32. The first-order valence-electron chi connectivity index (χ1n) is 7.68. The molecule has 25 heavy (non-hydrogen) atoms. The number of hydrogen-bond donors (Lipinski definition) is 2. The van der Waals surface area contributed by atoms with Crippen molar-refractivity contribution in [2.75, 3.05) is 6.54 Å². The van der Waals surface area contributed by atoms with Crippen LogP contribution in [0.15, 0.2) is 33.7 Å². The number of aryl methyl sites for hydroxylation is 2. The summed E-state index contributed by atoms with van der Waals surface area (Å²) in [5, 5.41) is 6.34. The van der Waals surface area contributed by atoms with Gasteiger partial charge in [0.25, 0.3) is 0 Å². The van der Waals surface area contributed by atoms with E-state index in [0.29, 0.717) is 0 Å². The summed E-state index contributed by atoms with van der Waals surface area (Å²) in [4.78, 5) is 11.9. The van der Waals surface area contributed by atoms with Gasteiger partial charge in [0, 0.05) is 13.0 Å². The number of benzene rings is 1. The Kier molecular flexibility index (Phi) is 5.91. The zero-order valence-electron chi connectivity index (χ0n) is 14.2. The highest BCUT2D eigenvalue weighted by Crippen LogP contribution is 2.18. The average molecular weight is 369 g/mol. The number of amides is 1. The molecule has 0 aliphatic rings. The summed E-state index contributed by atoms with van der Waals surface area (Å²) >= 11 is 0. The minimum Gasteiger partial charge on any atom is -0.360 e. The van der Waals surface area contributed by atoms with Crippen LogP contribution in [-0.2, 0) is 14.8 Å². The second-order valence-corrected chi connectivity index (χ2v) is 7.35. The molecule has 0 radical (unpaired) electrons. The van der Waals surface area contributed by atoms with Crippen LogP contribution in [0, 0.1) is 19.7 Å². The Morgan fingerprint density at radius 3 is 2.48 bits per heavy atom. The Balaban J connectivity index is 1.87. The van der Waals surface area contributed by atoms with Gasteiger partial charge in [-0.15, -0.1) is 0 Å². The summed E-state index contributed by atoms with van der Waals surface area (Å²) in [6.45, 7) is 4.74. The van der Waals surface area contributed by atoms with Crippen molar-refractivity contribution in [3.8, 4) is 0 Å². The van der Waals surface area contributed by atoms with Crippen LogP contribution >= 0.6 is 0 Å². The highest BCUT2D eigenvalue weighted by Gasteiger charge is 2.24. The minimum absolute atomic E-state index is 0.00686. The fourth-order valence-corrected chi connectivity index (χ4v) is 3.73. The van der Waals surface area contributed by atoms with Crippen LogP contribution in [0.25, 0.3) is 0 Å². The first-order valence-corrected chi connectivity index (χ1v) is 9.16. The summed E-state index contributed by atoms with van der Waals surface area (Å²) in [5.74, 6) is -0.478. The number of sulfonamides is 1. The maximum absolute atomic E-state index is 12.9. The summed E-state index contributed by atoms with van der Waals surface area (Å²) < 4.78 is 44.5. The van der Waals surface area contributed by atoms with Crippen LogP contribution < -0.4 is 10.0 Å². The number of carbonyl (C=O) groups excluding carboxylic acids is 1. The van der Waals surface area contributed by atoms with Crippen LogP contribution in [0.3, 0.4) is 0 Å². The Hall–Kier alpha value is -2.26. The van der Waals surface area contributed by atoms with Crippen molar-refractivity contribution in [1.82, 2.24) is 15.2 Å². The number of halogens is 1. The molecule has 1 aromatic carbocycles. The van der Waals surface area contributed by atoms with Gasteiger partial charge in [-0.1, -0.05) is 17.3 Å². The Bertz CT molecular complexity index is 827. The van der Waals surface area contributed by atoms with Crippen LogP contribution in [0.4, 0.5) is 4.39 Å². The van der Waals surface area contributed by atoms with Gasteiger partial charge in [0.15, 0.2) is 5.76 Å². The summed E-state index contributed by atoms with van der Waals surface area (Å²) in [5.41, 5.74) is 1.02. The fraction of sp³-hybridized carbons (Fsp3) is 0.375. The van der Waals surface area contributed by atoms with Gasteiger partial charge in [0.2, 0.25) is 15.9 Å². The lowest BCUT2D eigenvalue weighted by Gasteiger charge is -2.14. The standard InChI is InChI=1S/C16H20FN3O4S/c1-10(13-4-6-14(17)7-5-13)19-15(21)8-9-18-25(22,23)16-11(2)20-24-12(16)3/h4-7,10,18H,8-9H2,1-3H3,(H,19,21)/t10-/m0/s1. The Morgan fingerprint density at radius 1 is 1.28 bits per heavy atom. The van der Waals surface area contributed by atoms with Crippen molar-refractivity contribution in [3.63, 3.8) is 0 Å². The molecule has 0 saturated heterocycles. The Labute approximate surface area is 145 Å². The molecule has 1 aromatic heterocycles. The third-order valence-corrected chi connectivity index (χ3v) is 5.33. The van der Waals surface area contributed by atoms with Gasteiger partial charge in [-0.2, -0.15) is 0 Å². The third-order valence-electron chi connectivity index (χ3n) is 3.63. The largest absolute Gasteiger partial charge is 0.360 e. The second kappa shape index (κ2) is 7.75. The quantitative estimate of drug-likeness (QED) is 0.777. The van der Waals surface area contributed by atoms with Gasteiger partial charge < -0.3 is 9.84 Å². The summed E-state index contributed by atoms with van der Waals surface area (Å²) in [6, 6.07) is 5.49. The fourth-order valence-electron chi connectivity index (χ4n) is 2.38. The summed E-state index contributed by atoms with van der Waals surface area (Å²) in [6.07, 6.45) is -0.0336. The number of carbonyl (C=O) groups is 1. The zero-order valence-corrected chi connectivity index (χ0v) is 15.0. The van der Waals surface area contributed by atoms with Crippen molar-refractivity contribution in [1.29, 1.82) is 0 Å². The van der Waals surface area contributed by atoms with Crippen LogP contribution in [0.2, 0.25) is 0 Å². The zero-order chi connectivity index (χ0) is 18.6. The minimum atomic E-state index is -3.79. The molecule has 0 saturated carbocycles. The van der Waals surface area contributed by atoms with Crippen molar-refractivity contribution in [3.05, 3.63) is 47.1 Å². The van der Waals surface area contributed by atoms with Gasteiger partial charge in [0.05, 0.1) is 6.04 Å². The molecule has 136 valence electrons. The highest BCUT2D eigenvalue weighted by molar-refractivity contribution is 7.89. The van der Waals surface area contributed by atoms with E-state index in [4.69, 9.17) is 4.52 Å². The SMILES string of the molecule is Cc1noc(C)c1S(=O)(=O)NCCC(=O)N[C@@H](C)c1ccc(F)cc1. The van der Waals surface area contributed by atoms with Crippen molar-refractivity contribution >= 4 is 15.9 Å². The van der Waals surface area contributed by atoms with E-state index in [1.54, 1.807) is 19.1 Å². The maximum atomic E-state index is 12.9. The van der Waals surface area contributed by atoms with E-state index < -0.39 is 10.0 Å². The molecule has 7 nitrogen and oxygen atoms in total. The molecule has 0 unspecified atom stereocenters. The van der Waals surface area contributed by atoms with Gasteiger partial charge in [-0.25, -0.2) is 17.5 Å². The number of nitrogens with one attached hydrogen (secondary N) is 2. The first kappa shape index (κ1) is 19.1. The van der Waals surface area contributed by atoms with E-state index >= 15 is 0 Å². The van der Waals surface area contributed by atoms with Crippen molar-refractivity contribution in [2.45, 2.75) is 38.1 Å². The van der Waals surface area contributed by atoms with E-state index in [-0.39, 0.29) is 47.1 Å². The molecule has 2 rings (SSSR count). The molecule has 0 aliphatic carbocycles. The van der Waals surface area contributed by atoms with E-state index in [2.05, 4.69) is 15.2 Å². The molecule has 0 aliphatic heterocycles. The highest BCUT2D eigenvalue weighted by atomic mass is 32.2. The molecule has 1 heterocycles. The Morgan fingerprint density at radius 2 is 1.92 bits per heavy atom. The molecule has 2 N–H and O–H groups in total. The van der Waals surface area contributed by atoms with Crippen molar-refractivity contribution in [2.24, 2.45) is 0 Å². The second-order valence-electron chi connectivity index (χ2n) is 5.64. The molecule has 1 atom stereocenters. The molecule has 9 heteroatoms. The molecular weight excluding hydrogens is 349 g/mol. The average Bonchev–Trinajstić information content (AvgIpc) is 2.87. The monoisotopic (exact) mass is 369 g/mol. The van der Waals surface area contributed by atoms with Crippen LogP contribution in [-0.4, -0.2) is 26.0 Å². The predicted molar refractivity (Wildman–Crippen MR) is 88.7 cm³/mol. The first-order chi connectivity index (χ1) is 11.7. The van der Waals surface area contributed by atoms with E-state index in [9.17, 15) is 17.6 Å². The topological polar surface area (TPSA) is 101 Å². The number of nitrogens with zero attached hydrogens (tertiary/aromatic N) is 1. The van der Waals surface area contributed by atoms with E-state index in [0.717, 1.165) is 5.56 Å². The smallest absolute Gasteiger partial charge is 0.245 e. The molecule has 0 fully saturated rings. The van der Waals surface area contributed by atoms with Gasteiger partial charge in [-0.3, -0.25) is 4.79 Å². The summed E-state index contributed by atoms with van der Waals surface area (Å²) in [7, 11) is -3.79. The molecular formula is C16H20FN3O4S. The molecule has 2 aromatic rings. The van der Waals surface area contributed by atoms with Gasteiger partial charge in [-0.05, 0) is 38.5 Å². The molecule has 1 amide bonds. The third kappa shape index (κ3) is 4.86. The lowest BCUT2D eigenvalue weighted by molar-refractivity contribution is -0.121. The predicted octanol–water partition coefficient (Wildman–Crippen LogP) is 1.98. The number of aromatic nitrogens is 1. The van der Waals surface area contributed by atoms with Gasteiger partial charge in [0.1, 0.15) is 16.4 Å². The van der Waals surface area contributed by atoms with E-state index in [1.807, 2.05) is 0 Å². The van der Waals surface area contributed by atoms with Crippen LogP contribution in [0.5, 0.6) is 0 Å². The van der Waals surface area contributed by atoms with Crippen LogP contribution in [0.1, 0.15) is 36.4 Å². The van der Waals surface area contributed by atoms with Crippen molar-refractivity contribution < 1.29 is 22.1 Å². The number of hydrogen-bond acceptors (Lipinski definition) is 5. The molecule has 0 bridgehead atoms. The maximum Gasteiger partial charge on any atom is 0.245 e. The lowest BCUT2D eigenvalue weighted by atomic mass is 10.1. The number of rotatable bonds is 7. The van der Waals surface area contributed by atoms with Gasteiger partial charge >= 0.3 is 0 Å². The molecule has 0 spiro atoms. The normalized spacial score (nSPS) is 12.8.